The molecular weight excluding hydrogens is 180 g/mol. The van der Waals surface area contributed by atoms with Crippen LogP contribution in [0.5, 0.6) is 0 Å². The molecule has 0 saturated carbocycles. The van der Waals surface area contributed by atoms with E-state index in [1.165, 1.54) is 0 Å². The first-order valence-corrected chi connectivity index (χ1v) is 4.26. The van der Waals surface area contributed by atoms with Gasteiger partial charge in [-0.2, -0.15) is 5.10 Å². The van der Waals surface area contributed by atoms with E-state index in [-0.39, 0.29) is 0 Å². The van der Waals surface area contributed by atoms with Crippen molar-refractivity contribution in [3.05, 3.63) is 29.5 Å². The van der Waals surface area contributed by atoms with Gasteiger partial charge in [-0.05, 0) is 25.1 Å². The van der Waals surface area contributed by atoms with Gasteiger partial charge in [-0.3, -0.25) is 4.68 Å². The van der Waals surface area contributed by atoms with E-state index in [9.17, 15) is 4.79 Å². The first kappa shape index (κ1) is 8.74. The Hall–Kier alpha value is -1.84. The molecule has 2 aromatic rings. The fraction of sp³-hybridized carbons (Fsp3) is 0.200. The molecule has 1 N–H and O–H groups in total. The Labute approximate surface area is 80.8 Å². The zero-order valence-corrected chi connectivity index (χ0v) is 7.98. The van der Waals surface area contributed by atoms with Gasteiger partial charge >= 0.3 is 5.97 Å². The number of aromatic nitrogens is 2. The molecule has 4 nitrogen and oxygen atoms in total. The molecule has 0 aliphatic carbocycles. The highest BCUT2D eigenvalue weighted by molar-refractivity contribution is 5.94. The van der Waals surface area contributed by atoms with Crippen molar-refractivity contribution in [3.8, 4) is 0 Å². The van der Waals surface area contributed by atoms with E-state index in [2.05, 4.69) is 5.10 Å². The fourth-order valence-corrected chi connectivity index (χ4v) is 1.57. The van der Waals surface area contributed by atoms with Crippen molar-refractivity contribution < 1.29 is 9.90 Å². The maximum Gasteiger partial charge on any atom is 0.335 e. The van der Waals surface area contributed by atoms with Crippen LogP contribution >= 0.6 is 0 Å². The number of rotatable bonds is 1. The molecule has 0 amide bonds. The first-order chi connectivity index (χ1) is 6.59. The maximum atomic E-state index is 10.7. The van der Waals surface area contributed by atoms with Gasteiger partial charge in [0.2, 0.25) is 0 Å². The zero-order valence-electron chi connectivity index (χ0n) is 7.98. The van der Waals surface area contributed by atoms with Crippen LogP contribution in [0.2, 0.25) is 0 Å². The molecule has 2 rings (SSSR count). The highest BCUT2D eigenvalue weighted by Gasteiger charge is 2.08. The molecule has 0 fully saturated rings. The Morgan fingerprint density at radius 1 is 1.50 bits per heavy atom. The monoisotopic (exact) mass is 190 g/mol. The van der Waals surface area contributed by atoms with Crippen molar-refractivity contribution >= 4 is 16.9 Å². The lowest BCUT2D eigenvalue weighted by Gasteiger charge is -1.96. The largest absolute Gasteiger partial charge is 0.478 e. The number of benzene rings is 1. The van der Waals surface area contributed by atoms with Crippen molar-refractivity contribution in [3.63, 3.8) is 0 Å². The summed E-state index contributed by atoms with van der Waals surface area (Å²) in [5.74, 6) is -0.907. The molecule has 0 radical (unpaired) electrons. The fourth-order valence-electron chi connectivity index (χ4n) is 1.57. The van der Waals surface area contributed by atoms with Gasteiger partial charge in [-0.25, -0.2) is 4.79 Å². The molecule has 0 bridgehead atoms. The average Bonchev–Trinajstić information content (AvgIpc) is 2.42. The first-order valence-electron chi connectivity index (χ1n) is 4.26. The molecule has 72 valence electrons. The number of carboxylic acid groups (broad SMARTS) is 1. The number of carboxylic acids is 1. The number of hydrogen-bond acceptors (Lipinski definition) is 2. The molecule has 0 atom stereocenters. The molecule has 4 heteroatoms. The second-order valence-corrected chi connectivity index (χ2v) is 3.25. The van der Waals surface area contributed by atoms with Gasteiger partial charge in [0.25, 0.3) is 0 Å². The number of aryl methyl sites for hydroxylation is 2. The summed E-state index contributed by atoms with van der Waals surface area (Å²) in [4.78, 5) is 10.7. The van der Waals surface area contributed by atoms with Crippen LogP contribution in [-0.2, 0) is 7.05 Å². The molecular formula is C10H10N2O2. The number of nitrogens with zero attached hydrogens (tertiary/aromatic N) is 2. The van der Waals surface area contributed by atoms with Gasteiger partial charge in [0.1, 0.15) is 0 Å². The predicted molar refractivity (Wildman–Crippen MR) is 52.4 cm³/mol. The summed E-state index contributed by atoms with van der Waals surface area (Å²) in [6.07, 6.45) is 0. The van der Waals surface area contributed by atoms with Crippen molar-refractivity contribution in [1.82, 2.24) is 9.78 Å². The minimum absolute atomic E-state index is 0.300. The van der Waals surface area contributed by atoms with E-state index in [4.69, 9.17) is 5.11 Å². The van der Waals surface area contributed by atoms with Gasteiger partial charge in [0.05, 0.1) is 16.8 Å². The van der Waals surface area contributed by atoms with Crippen molar-refractivity contribution in [1.29, 1.82) is 0 Å². The van der Waals surface area contributed by atoms with Gasteiger partial charge in [-0.15, -0.1) is 0 Å². The second-order valence-electron chi connectivity index (χ2n) is 3.25. The van der Waals surface area contributed by atoms with Crippen LogP contribution in [0, 0.1) is 6.92 Å². The third-order valence-corrected chi connectivity index (χ3v) is 2.28. The Kier molecular flexibility index (Phi) is 1.77. The zero-order chi connectivity index (χ0) is 10.3. The van der Waals surface area contributed by atoms with Crippen LogP contribution in [0.4, 0.5) is 0 Å². The summed E-state index contributed by atoms with van der Waals surface area (Å²) in [7, 11) is 1.84. The van der Waals surface area contributed by atoms with Gasteiger partial charge < -0.3 is 5.11 Å². The third kappa shape index (κ3) is 1.16. The van der Waals surface area contributed by atoms with Crippen molar-refractivity contribution in [2.45, 2.75) is 6.92 Å². The maximum absolute atomic E-state index is 10.7. The van der Waals surface area contributed by atoms with Gasteiger partial charge in [0.15, 0.2) is 0 Å². The molecule has 1 aromatic carbocycles. The number of hydrogen-bond donors (Lipinski definition) is 1. The smallest absolute Gasteiger partial charge is 0.335 e. The van der Waals surface area contributed by atoms with Crippen LogP contribution in [-0.4, -0.2) is 20.9 Å². The minimum atomic E-state index is -0.907. The molecule has 0 unspecified atom stereocenters. The Morgan fingerprint density at radius 3 is 2.86 bits per heavy atom. The lowest BCUT2D eigenvalue weighted by Crippen LogP contribution is -1.95. The Morgan fingerprint density at radius 2 is 2.21 bits per heavy atom. The van der Waals surface area contributed by atoms with Crippen LogP contribution in [0.25, 0.3) is 10.9 Å². The molecule has 14 heavy (non-hydrogen) atoms. The van der Waals surface area contributed by atoms with Gasteiger partial charge in [-0.1, -0.05) is 0 Å². The molecule has 1 heterocycles. The van der Waals surface area contributed by atoms with Crippen molar-refractivity contribution in [2.24, 2.45) is 7.05 Å². The summed E-state index contributed by atoms with van der Waals surface area (Å²) in [6, 6.07) is 5.02. The third-order valence-electron chi connectivity index (χ3n) is 2.28. The summed E-state index contributed by atoms with van der Waals surface area (Å²) in [5, 5.41) is 13.9. The normalized spacial score (nSPS) is 10.7. The van der Waals surface area contributed by atoms with Crippen LogP contribution < -0.4 is 0 Å². The number of aromatic carboxylic acids is 1. The second kappa shape index (κ2) is 2.83. The lowest BCUT2D eigenvalue weighted by atomic mass is 10.1. The standard InChI is InChI=1S/C10H10N2O2/c1-6-8-5-7(10(13)14)3-4-9(8)12(2)11-6/h3-5H,1-2H3,(H,13,14). The SMILES string of the molecule is Cc1nn(C)c2ccc(C(=O)O)cc12. The quantitative estimate of drug-likeness (QED) is 0.742. The summed E-state index contributed by atoms with van der Waals surface area (Å²) < 4.78 is 1.75. The highest BCUT2D eigenvalue weighted by Crippen LogP contribution is 2.18. The van der Waals surface area contributed by atoms with Crippen LogP contribution in [0.15, 0.2) is 18.2 Å². The van der Waals surface area contributed by atoms with Gasteiger partial charge in [0, 0.05) is 12.4 Å². The predicted octanol–water partition coefficient (Wildman–Crippen LogP) is 1.58. The van der Waals surface area contributed by atoms with E-state index >= 15 is 0 Å². The molecule has 0 saturated heterocycles. The lowest BCUT2D eigenvalue weighted by molar-refractivity contribution is 0.0697. The molecule has 0 aliphatic rings. The van der Waals surface area contributed by atoms with E-state index in [0.29, 0.717) is 5.56 Å². The molecule has 1 aromatic heterocycles. The minimum Gasteiger partial charge on any atom is -0.478 e. The average molecular weight is 190 g/mol. The molecule has 0 aliphatic heterocycles. The van der Waals surface area contributed by atoms with Crippen molar-refractivity contribution in [2.75, 3.05) is 0 Å². The summed E-state index contributed by atoms with van der Waals surface area (Å²) >= 11 is 0. The number of fused-ring (bicyclic) bond motifs is 1. The highest BCUT2D eigenvalue weighted by atomic mass is 16.4. The van der Waals surface area contributed by atoms with E-state index in [1.54, 1.807) is 22.9 Å². The van der Waals surface area contributed by atoms with E-state index in [0.717, 1.165) is 16.6 Å². The van der Waals surface area contributed by atoms with Crippen LogP contribution in [0.1, 0.15) is 16.1 Å². The topological polar surface area (TPSA) is 55.1 Å². The number of carbonyl (C=O) groups is 1. The van der Waals surface area contributed by atoms with Crippen LogP contribution in [0.3, 0.4) is 0 Å². The summed E-state index contributed by atoms with van der Waals surface area (Å²) in [5.41, 5.74) is 2.10. The van der Waals surface area contributed by atoms with E-state index < -0.39 is 5.97 Å². The van der Waals surface area contributed by atoms with E-state index in [1.807, 2.05) is 14.0 Å². The molecule has 0 spiro atoms. The Bertz CT molecular complexity index is 514. The summed E-state index contributed by atoms with van der Waals surface area (Å²) in [6.45, 7) is 1.87. The Balaban J connectivity index is 2.77.